The van der Waals surface area contributed by atoms with E-state index >= 15 is 0 Å². The molecular formula is C18H26N6O3. The van der Waals surface area contributed by atoms with E-state index in [9.17, 15) is 9.59 Å². The molecule has 9 heteroatoms. The smallest absolute Gasteiger partial charge is 0.332 e. The summed E-state index contributed by atoms with van der Waals surface area (Å²) in [6, 6.07) is 1.95. The molecule has 0 saturated carbocycles. The number of aromatic nitrogens is 6. The predicted octanol–water partition coefficient (Wildman–Crippen LogP) is 1.15. The van der Waals surface area contributed by atoms with Gasteiger partial charge in [-0.05, 0) is 33.3 Å². The highest BCUT2D eigenvalue weighted by atomic mass is 16.5. The molecule has 146 valence electrons. The fourth-order valence-electron chi connectivity index (χ4n) is 3.29. The maximum atomic E-state index is 13.1. The summed E-state index contributed by atoms with van der Waals surface area (Å²) in [6.07, 6.45) is 0.818. The molecule has 0 amide bonds. The van der Waals surface area contributed by atoms with Crippen LogP contribution in [0.25, 0.3) is 17.1 Å². The van der Waals surface area contributed by atoms with Gasteiger partial charge in [-0.1, -0.05) is 6.92 Å². The molecule has 3 heterocycles. The van der Waals surface area contributed by atoms with E-state index in [-0.39, 0.29) is 12.1 Å². The molecular weight excluding hydrogens is 348 g/mol. The molecule has 0 bridgehead atoms. The van der Waals surface area contributed by atoms with E-state index in [1.807, 2.05) is 38.3 Å². The Bertz CT molecular complexity index is 1090. The first-order valence-electron chi connectivity index (χ1n) is 9.22. The fourth-order valence-corrected chi connectivity index (χ4v) is 3.29. The summed E-state index contributed by atoms with van der Waals surface area (Å²) in [5.41, 5.74) is 1.83. The first-order valence-corrected chi connectivity index (χ1v) is 9.22. The van der Waals surface area contributed by atoms with Crippen molar-refractivity contribution in [2.45, 2.75) is 47.2 Å². The summed E-state index contributed by atoms with van der Waals surface area (Å²) >= 11 is 0. The van der Waals surface area contributed by atoms with E-state index in [4.69, 9.17) is 4.74 Å². The molecule has 3 aromatic rings. The van der Waals surface area contributed by atoms with Crippen molar-refractivity contribution in [3.05, 3.63) is 38.3 Å². The molecule has 0 fully saturated rings. The SMILES string of the molecule is CCCn1c(-n2nc(C)cc2C)nc2c1c(=O)n(CCOCC)c(=O)n2C. The Labute approximate surface area is 156 Å². The van der Waals surface area contributed by atoms with Crippen molar-refractivity contribution in [1.82, 2.24) is 28.5 Å². The lowest BCUT2D eigenvalue weighted by molar-refractivity contribution is 0.137. The third kappa shape index (κ3) is 3.23. The zero-order valence-corrected chi connectivity index (χ0v) is 16.5. The van der Waals surface area contributed by atoms with Gasteiger partial charge >= 0.3 is 5.69 Å². The van der Waals surface area contributed by atoms with Crippen LogP contribution in [0, 0.1) is 13.8 Å². The van der Waals surface area contributed by atoms with Gasteiger partial charge < -0.3 is 9.30 Å². The zero-order valence-electron chi connectivity index (χ0n) is 16.5. The molecule has 3 aromatic heterocycles. The van der Waals surface area contributed by atoms with Crippen molar-refractivity contribution in [3.8, 4) is 5.95 Å². The molecule has 27 heavy (non-hydrogen) atoms. The molecule has 0 aliphatic rings. The summed E-state index contributed by atoms with van der Waals surface area (Å²) in [5.74, 6) is 0.548. The van der Waals surface area contributed by atoms with Gasteiger partial charge in [0.15, 0.2) is 11.2 Å². The molecule has 0 spiro atoms. The van der Waals surface area contributed by atoms with Gasteiger partial charge in [-0.3, -0.25) is 13.9 Å². The van der Waals surface area contributed by atoms with Crippen LogP contribution in [0.1, 0.15) is 31.7 Å². The molecule has 0 unspecified atom stereocenters. The third-order valence-corrected chi connectivity index (χ3v) is 4.52. The summed E-state index contributed by atoms with van der Waals surface area (Å²) in [6.45, 7) is 9.41. The highest BCUT2D eigenvalue weighted by Crippen LogP contribution is 2.17. The summed E-state index contributed by atoms with van der Waals surface area (Å²) < 4.78 is 11.5. The molecule has 0 saturated heterocycles. The Kier molecular flexibility index (Phi) is 5.31. The molecule has 0 aliphatic carbocycles. The molecule has 0 atom stereocenters. The van der Waals surface area contributed by atoms with Crippen LogP contribution in [-0.2, 0) is 24.9 Å². The predicted molar refractivity (Wildman–Crippen MR) is 103 cm³/mol. The van der Waals surface area contributed by atoms with Gasteiger partial charge in [0, 0.05) is 25.9 Å². The first kappa shape index (κ1) is 19.1. The molecule has 0 radical (unpaired) electrons. The van der Waals surface area contributed by atoms with Gasteiger partial charge in [0.25, 0.3) is 5.56 Å². The summed E-state index contributed by atoms with van der Waals surface area (Å²) in [4.78, 5) is 30.4. The molecule has 3 rings (SSSR count). The van der Waals surface area contributed by atoms with Crippen LogP contribution in [0.2, 0.25) is 0 Å². The van der Waals surface area contributed by atoms with E-state index in [0.29, 0.717) is 36.9 Å². The van der Waals surface area contributed by atoms with Crippen LogP contribution in [0.5, 0.6) is 0 Å². The van der Waals surface area contributed by atoms with Crippen molar-refractivity contribution in [3.63, 3.8) is 0 Å². The summed E-state index contributed by atoms with van der Waals surface area (Å²) in [5, 5.41) is 4.50. The number of hydrogen-bond acceptors (Lipinski definition) is 5. The zero-order chi connectivity index (χ0) is 19.7. The number of imidazole rings is 1. The van der Waals surface area contributed by atoms with Crippen LogP contribution < -0.4 is 11.2 Å². The number of fused-ring (bicyclic) bond motifs is 1. The minimum absolute atomic E-state index is 0.210. The van der Waals surface area contributed by atoms with E-state index < -0.39 is 5.69 Å². The lowest BCUT2D eigenvalue weighted by Crippen LogP contribution is -2.40. The maximum absolute atomic E-state index is 13.1. The van der Waals surface area contributed by atoms with Crippen molar-refractivity contribution in [1.29, 1.82) is 0 Å². The number of ether oxygens (including phenoxy) is 1. The van der Waals surface area contributed by atoms with Gasteiger partial charge in [0.1, 0.15) is 0 Å². The van der Waals surface area contributed by atoms with Crippen LogP contribution in [0.15, 0.2) is 15.7 Å². The van der Waals surface area contributed by atoms with Crippen LogP contribution in [-0.4, -0.2) is 41.7 Å². The van der Waals surface area contributed by atoms with Gasteiger partial charge in [-0.25, -0.2) is 9.48 Å². The van der Waals surface area contributed by atoms with E-state index in [0.717, 1.165) is 17.8 Å². The Morgan fingerprint density at radius 1 is 1.11 bits per heavy atom. The van der Waals surface area contributed by atoms with Crippen LogP contribution in [0.3, 0.4) is 0 Å². The Morgan fingerprint density at radius 3 is 2.44 bits per heavy atom. The van der Waals surface area contributed by atoms with E-state index in [2.05, 4.69) is 10.1 Å². The Balaban J connectivity index is 2.31. The van der Waals surface area contributed by atoms with Crippen LogP contribution in [0.4, 0.5) is 0 Å². The van der Waals surface area contributed by atoms with E-state index in [1.54, 1.807) is 11.7 Å². The Hall–Kier alpha value is -2.68. The Morgan fingerprint density at radius 2 is 1.85 bits per heavy atom. The molecule has 0 aliphatic heterocycles. The fraction of sp³-hybridized carbons (Fsp3) is 0.556. The topological polar surface area (TPSA) is 88.9 Å². The van der Waals surface area contributed by atoms with Gasteiger partial charge in [-0.15, -0.1) is 0 Å². The average Bonchev–Trinajstić information content (AvgIpc) is 3.16. The number of rotatable bonds is 7. The number of aryl methyl sites for hydroxylation is 4. The van der Waals surface area contributed by atoms with Crippen molar-refractivity contribution in [2.24, 2.45) is 7.05 Å². The molecule has 0 N–H and O–H groups in total. The quantitative estimate of drug-likeness (QED) is 0.579. The summed E-state index contributed by atoms with van der Waals surface area (Å²) in [7, 11) is 1.63. The first-order chi connectivity index (χ1) is 12.9. The molecule has 9 nitrogen and oxygen atoms in total. The number of nitrogens with zero attached hydrogens (tertiary/aromatic N) is 6. The van der Waals surface area contributed by atoms with E-state index in [1.165, 1.54) is 9.13 Å². The van der Waals surface area contributed by atoms with Crippen molar-refractivity contribution in [2.75, 3.05) is 13.2 Å². The van der Waals surface area contributed by atoms with Crippen LogP contribution >= 0.6 is 0 Å². The van der Waals surface area contributed by atoms with Gasteiger partial charge in [0.05, 0.1) is 18.8 Å². The molecule has 0 aromatic carbocycles. The lowest BCUT2D eigenvalue weighted by atomic mass is 10.4. The van der Waals surface area contributed by atoms with Gasteiger partial charge in [0.2, 0.25) is 5.95 Å². The maximum Gasteiger partial charge on any atom is 0.332 e. The van der Waals surface area contributed by atoms with Crippen molar-refractivity contribution >= 4 is 11.2 Å². The standard InChI is InChI=1S/C18H26N6O3/c1-6-8-22-14-15(19-17(22)24-13(4)11-12(3)20-24)21(5)18(26)23(16(14)25)9-10-27-7-2/h11H,6-10H2,1-5H3. The second-order valence-corrected chi connectivity index (χ2v) is 6.57. The average molecular weight is 374 g/mol. The highest BCUT2D eigenvalue weighted by Gasteiger charge is 2.22. The highest BCUT2D eigenvalue weighted by molar-refractivity contribution is 5.72. The van der Waals surface area contributed by atoms with Gasteiger partial charge in [-0.2, -0.15) is 10.1 Å². The van der Waals surface area contributed by atoms with Crippen molar-refractivity contribution < 1.29 is 4.74 Å². The second-order valence-electron chi connectivity index (χ2n) is 6.57. The minimum Gasteiger partial charge on any atom is -0.380 e. The minimum atomic E-state index is -0.395. The lowest BCUT2D eigenvalue weighted by Gasteiger charge is -2.10. The largest absolute Gasteiger partial charge is 0.380 e. The third-order valence-electron chi connectivity index (χ3n) is 4.52. The number of hydrogen-bond donors (Lipinski definition) is 0. The monoisotopic (exact) mass is 374 g/mol. The second kappa shape index (κ2) is 7.51. The normalized spacial score (nSPS) is 11.6.